The monoisotopic (exact) mass is 452 g/mol. The molecule has 0 saturated carbocycles. The molecule has 0 heterocycles. The first-order valence-corrected chi connectivity index (χ1v) is 15.3. The van der Waals surface area contributed by atoms with Gasteiger partial charge in [-0.2, -0.15) is 0 Å². The van der Waals surface area contributed by atoms with Crippen LogP contribution in [0.2, 0.25) is 0 Å². The van der Waals surface area contributed by atoms with Crippen LogP contribution in [0.15, 0.2) is 48.5 Å². The van der Waals surface area contributed by atoms with Crippen molar-refractivity contribution in [1.82, 2.24) is 0 Å². The average molecular weight is 452 g/mol. The summed E-state index contributed by atoms with van der Waals surface area (Å²) in [5, 5.41) is 1.30. The number of halogens is 4. The van der Waals surface area contributed by atoms with Gasteiger partial charge in [-0.15, -0.1) is 0 Å². The Hall–Kier alpha value is -0.610. The Labute approximate surface area is 144 Å². The van der Waals surface area contributed by atoms with Gasteiger partial charge >= 0.3 is 144 Å². The summed E-state index contributed by atoms with van der Waals surface area (Å²) in [6.07, 6.45) is -0.925. The minimum atomic E-state index is -4.28. The summed E-state index contributed by atoms with van der Waals surface area (Å²) in [6.45, 7) is 2.21. The second-order valence-electron chi connectivity index (χ2n) is 5.35. The van der Waals surface area contributed by atoms with Crippen LogP contribution in [0.5, 0.6) is 0 Å². The molecule has 1 unspecified atom stereocenters. The molecule has 0 aliphatic heterocycles. The molecule has 0 aliphatic carbocycles. The van der Waals surface area contributed by atoms with E-state index in [1.54, 1.807) is 12.1 Å². The zero-order valence-corrected chi connectivity index (χ0v) is 16.4. The van der Waals surface area contributed by atoms with Crippen LogP contribution in [0, 0.1) is 0 Å². The SMILES string of the molecule is CCCCI(C)Pc1ccccc1-c1ccc(C(F)(F)F)cc1. The molecule has 0 radical (unpaired) electrons. The summed E-state index contributed by atoms with van der Waals surface area (Å²) in [5.41, 5.74) is 1.37. The van der Waals surface area contributed by atoms with Crippen LogP contribution in [0.25, 0.3) is 11.1 Å². The summed E-state index contributed by atoms with van der Waals surface area (Å²) in [6, 6.07) is 13.7. The van der Waals surface area contributed by atoms with Crippen LogP contribution >= 0.6 is 25.5 Å². The summed E-state index contributed by atoms with van der Waals surface area (Å²) in [4.78, 5) is 2.40. The second-order valence-corrected chi connectivity index (χ2v) is 16.5. The summed E-state index contributed by atoms with van der Waals surface area (Å²) >= 11 is -0.965. The Balaban J connectivity index is 2.23. The molecule has 1 atom stereocenters. The van der Waals surface area contributed by atoms with E-state index in [1.807, 2.05) is 18.2 Å². The first kappa shape index (κ1) is 18.7. The van der Waals surface area contributed by atoms with Gasteiger partial charge in [0.2, 0.25) is 0 Å². The molecule has 0 fully saturated rings. The Morgan fingerprint density at radius 3 is 2.26 bits per heavy atom. The van der Waals surface area contributed by atoms with E-state index in [0.717, 1.165) is 17.4 Å². The molecule has 0 saturated heterocycles. The van der Waals surface area contributed by atoms with Gasteiger partial charge in [0.1, 0.15) is 0 Å². The number of hydrogen-bond acceptors (Lipinski definition) is 0. The zero-order chi connectivity index (χ0) is 16.9. The molecule has 0 N–H and O–H groups in total. The standard InChI is InChI=1S/C18H21F3IP/c1-3-4-13-22(2)23-17-8-6-5-7-16(17)14-9-11-15(12-10-14)18(19,20)21/h5-12,23H,3-4,13H2,1-2H3. The number of unbranched alkanes of at least 4 members (excludes halogenated alkanes) is 1. The topological polar surface area (TPSA) is 0 Å². The molecule has 23 heavy (non-hydrogen) atoms. The van der Waals surface area contributed by atoms with Gasteiger partial charge < -0.3 is 0 Å². The van der Waals surface area contributed by atoms with E-state index in [9.17, 15) is 13.2 Å². The van der Waals surface area contributed by atoms with Crippen LogP contribution in [0.4, 0.5) is 13.2 Å². The predicted molar refractivity (Wildman–Crippen MR) is 105 cm³/mol. The Morgan fingerprint density at radius 2 is 1.65 bits per heavy atom. The van der Waals surface area contributed by atoms with Crippen LogP contribution in [0.1, 0.15) is 25.3 Å². The molecule has 2 rings (SSSR count). The van der Waals surface area contributed by atoms with Gasteiger partial charge in [-0.05, 0) is 0 Å². The van der Waals surface area contributed by atoms with Crippen molar-refractivity contribution in [2.24, 2.45) is 0 Å². The predicted octanol–water partition coefficient (Wildman–Crippen LogP) is 6.53. The molecule has 0 aliphatic rings. The fraction of sp³-hybridized carbons (Fsp3) is 0.333. The Bertz CT molecular complexity index is 623. The Morgan fingerprint density at radius 1 is 1.00 bits per heavy atom. The molecule has 2 aromatic carbocycles. The van der Waals surface area contributed by atoms with Gasteiger partial charge in [-0.25, -0.2) is 0 Å². The fourth-order valence-electron chi connectivity index (χ4n) is 2.21. The molecule has 5 heteroatoms. The maximum absolute atomic E-state index is 12.7. The molecule has 0 spiro atoms. The van der Waals surface area contributed by atoms with Crippen molar-refractivity contribution in [2.45, 2.75) is 25.9 Å². The van der Waals surface area contributed by atoms with E-state index in [0.29, 0.717) is 0 Å². The fourth-order valence-corrected chi connectivity index (χ4v) is 11.1. The van der Waals surface area contributed by atoms with Crippen LogP contribution < -0.4 is 5.30 Å². The molecule has 0 aromatic heterocycles. The van der Waals surface area contributed by atoms with Crippen LogP contribution in [-0.4, -0.2) is 9.36 Å². The first-order chi connectivity index (χ1) is 10.9. The summed E-state index contributed by atoms with van der Waals surface area (Å²) in [7, 11) is 0. The quantitative estimate of drug-likeness (QED) is 0.266. The van der Waals surface area contributed by atoms with Crippen LogP contribution in [-0.2, 0) is 6.18 Å². The van der Waals surface area contributed by atoms with Crippen molar-refractivity contribution in [3.63, 3.8) is 0 Å². The van der Waals surface area contributed by atoms with Gasteiger partial charge in [-0.3, -0.25) is 0 Å². The van der Waals surface area contributed by atoms with E-state index in [2.05, 4.69) is 17.9 Å². The summed E-state index contributed by atoms with van der Waals surface area (Å²) in [5.74, 6) is 0. The maximum atomic E-state index is 12.7. The molecule has 2 aromatic rings. The number of benzene rings is 2. The van der Waals surface area contributed by atoms with E-state index >= 15 is 0 Å². The van der Waals surface area contributed by atoms with E-state index < -0.39 is 31.0 Å². The van der Waals surface area contributed by atoms with Crippen molar-refractivity contribution in [2.75, 3.05) is 9.36 Å². The van der Waals surface area contributed by atoms with Crippen molar-refractivity contribution in [1.29, 1.82) is 0 Å². The number of rotatable bonds is 6. The third-order valence-corrected chi connectivity index (χ3v) is 12.6. The van der Waals surface area contributed by atoms with Crippen molar-refractivity contribution < 1.29 is 13.2 Å². The molecule has 0 bridgehead atoms. The molecule has 126 valence electrons. The minimum absolute atomic E-state index is 0.590. The molecular weight excluding hydrogens is 431 g/mol. The van der Waals surface area contributed by atoms with Gasteiger partial charge in [0, 0.05) is 0 Å². The van der Waals surface area contributed by atoms with E-state index in [1.165, 1.54) is 34.7 Å². The molecule has 0 nitrogen and oxygen atoms in total. The molecule has 0 amide bonds. The van der Waals surface area contributed by atoms with Crippen LogP contribution in [0.3, 0.4) is 0 Å². The third kappa shape index (κ3) is 5.46. The second kappa shape index (κ2) is 8.48. The van der Waals surface area contributed by atoms with Gasteiger partial charge in [0.15, 0.2) is 0 Å². The molecular formula is C18H21F3IP. The number of hydrogen-bond donors (Lipinski definition) is 0. The third-order valence-electron chi connectivity index (χ3n) is 3.48. The van der Waals surface area contributed by atoms with Gasteiger partial charge in [0.05, 0.1) is 0 Å². The van der Waals surface area contributed by atoms with Crippen molar-refractivity contribution >= 4 is 30.8 Å². The first-order valence-electron chi connectivity index (χ1n) is 7.51. The summed E-state index contributed by atoms with van der Waals surface area (Å²) < 4.78 is 39.4. The van der Waals surface area contributed by atoms with Gasteiger partial charge in [-0.1, -0.05) is 0 Å². The van der Waals surface area contributed by atoms with Crippen molar-refractivity contribution in [3.05, 3.63) is 54.1 Å². The number of alkyl halides is 5. The van der Waals surface area contributed by atoms with Gasteiger partial charge in [0.25, 0.3) is 0 Å². The zero-order valence-electron chi connectivity index (χ0n) is 13.3. The Kier molecular flexibility index (Phi) is 6.90. The average Bonchev–Trinajstić information content (AvgIpc) is 2.53. The van der Waals surface area contributed by atoms with Crippen molar-refractivity contribution in [3.8, 4) is 11.1 Å². The van der Waals surface area contributed by atoms with E-state index in [4.69, 9.17) is 0 Å². The van der Waals surface area contributed by atoms with E-state index in [-0.39, 0.29) is 0 Å². The normalized spacial score (nSPS) is 12.8.